The van der Waals surface area contributed by atoms with Crippen molar-refractivity contribution in [1.82, 2.24) is 14.7 Å². The predicted octanol–water partition coefficient (Wildman–Crippen LogP) is 0.298. The quantitative estimate of drug-likeness (QED) is 0.778. The van der Waals surface area contributed by atoms with Crippen molar-refractivity contribution < 1.29 is 4.79 Å². The van der Waals surface area contributed by atoms with Gasteiger partial charge in [0, 0.05) is 12.4 Å². The first-order valence-electron chi connectivity index (χ1n) is 5.13. The minimum atomic E-state index is -0.489. The van der Waals surface area contributed by atoms with E-state index in [1.807, 2.05) is 35.0 Å². The molecule has 0 bridgehead atoms. The van der Waals surface area contributed by atoms with Gasteiger partial charge in [-0.3, -0.25) is 4.79 Å². The van der Waals surface area contributed by atoms with Gasteiger partial charge in [-0.1, -0.05) is 6.07 Å². The Kier molecular flexibility index (Phi) is 2.87. The second kappa shape index (κ2) is 4.32. The maximum atomic E-state index is 11.3. The van der Waals surface area contributed by atoms with Gasteiger partial charge in [-0.25, -0.2) is 4.98 Å². The molecule has 0 saturated heterocycles. The van der Waals surface area contributed by atoms with E-state index in [2.05, 4.69) is 10.3 Å². The number of carbonyl (C=O) groups is 1. The number of nitrogens with one attached hydrogen (secondary N) is 1. The van der Waals surface area contributed by atoms with Gasteiger partial charge >= 0.3 is 0 Å². The Hall–Kier alpha value is -1.88. The summed E-state index contributed by atoms with van der Waals surface area (Å²) in [6, 6.07) is 5.28. The zero-order valence-corrected chi connectivity index (χ0v) is 9.05. The number of imidazole rings is 1. The lowest BCUT2D eigenvalue weighted by Gasteiger charge is -2.04. The normalized spacial score (nSPS) is 12.6. The van der Waals surface area contributed by atoms with Crippen molar-refractivity contribution >= 4 is 11.6 Å². The molecule has 5 heteroatoms. The van der Waals surface area contributed by atoms with Gasteiger partial charge in [-0.15, -0.1) is 0 Å². The van der Waals surface area contributed by atoms with Crippen molar-refractivity contribution in [3.8, 4) is 0 Å². The van der Waals surface area contributed by atoms with Crippen LogP contribution in [0.1, 0.15) is 12.6 Å². The molecule has 1 atom stereocenters. The van der Waals surface area contributed by atoms with Crippen molar-refractivity contribution in [2.45, 2.75) is 19.5 Å². The Morgan fingerprint density at radius 3 is 3.12 bits per heavy atom. The fourth-order valence-corrected chi connectivity index (χ4v) is 1.41. The third-order valence-corrected chi connectivity index (χ3v) is 2.27. The van der Waals surface area contributed by atoms with Gasteiger partial charge in [0.2, 0.25) is 5.91 Å². The average Bonchev–Trinajstić information content (AvgIpc) is 2.68. The molecule has 0 spiro atoms. The van der Waals surface area contributed by atoms with Crippen LogP contribution < -0.4 is 11.1 Å². The molecule has 0 aromatic carbocycles. The van der Waals surface area contributed by atoms with Crippen LogP contribution >= 0.6 is 0 Å². The second-order valence-electron chi connectivity index (χ2n) is 3.70. The molecule has 2 rings (SSSR count). The molecule has 0 radical (unpaired) electrons. The number of nitrogens with zero attached hydrogens (tertiary/aromatic N) is 2. The number of fused-ring (bicyclic) bond motifs is 1. The molecular formula is C11H14N4O. The largest absolute Gasteiger partial charge is 0.349 e. The van der Waals surface area contributed by atoms with Crippen molar-refractivity contribution in [3.05, 3.63) is 36.3 Å². The number of hydrogen-bond donors (Lipinski definition) is 2. The number of pyridine rings is 1. The minimum absolute atomic E-state index is 0.169. The first kappa shape index (κ1) is 10.6. The molecule has 3 N–H and O–H groups in total. The SMILES string of the molecule is CC(N)C(=O)NCc1cn2ccccc2n1. The number of rotatable bonds is 3. The van der Waals surface area contributed by atoms with Crippen molar-refractivity contribution in [2.75, 3.05) is 0 Å². The summed E-state index contributed by atoms with van der Waals surface area (Å²) < 4.78 is 1.91. The molecular weight excluding hydrogens is 204 g/mol. The molecule has 0 aliphatic heterocycles. The fraction of sp³-hybridized carbons (Fsp3) is 0.273. The summed E-state index contributed by atoms with van der Waals surface area (Å²) in [6.07, 6.45) is 3.80. The minimum Gasteiger partial charge on any atom is -0.349 e. The van der Waals surface area contributed by atoms with E-state index in [0.717, 1.165) is 11.3 Å². The highest BCUT2D eigenvalue weighted by Gasteiger charge is 2.07. The van der Waals surface area contributed by atoms with Crippen LogP contribution in [-0.2, 0) is 11.3 Å². The number of amides is 1. The molecule has 2 aromatic rings. The van der Waals surface area contributed by atoms with E-state index in [0.29, 0.717) is 6.54 Å². The number of carbonyl (C=O) groups excluding carboxylic acids is 1. The maximum absolute atomic E-state index is 11.3. The fourth-order valence-electron chi connectivity index (χ4n) is 1.41. The average molecular weight is 218 g/mol. The summed E-state index contributed by atoms with van der Waals surface area (Å²) in [5.74, 6) is -0.169. The Labute approximate surface area is 93.3 Å². The van der Waals surface area contributed by atoms with Crippen molar-refractivity contribution in [2.24, 2.45) is 5.73 Å². The van der Waals surface area contributed by atoms with Crippen molar-refractivity contribution in [3.63, 3.8) is 0 Å². The van der Waals surface area contributed by atoms with Gasteiger partial charge < -0.3 is 15.5 Å². The molecule has 0 aliphatic carbocycles. The Bertz CT molecular complexity index is 470. The Balaban J connectivity index is 2.07. The standard InChI is InChI=1S/C11H14N4O/c1-8(12)11(16)13-6-9-7-15-5-3-2-4-10(15)14-9/h2-5,7-8H,6,12H2,1H3,(H,13,16). The summed E-state index contributed by atoms with van der Waals surface area (Å²) in [7, 11) is 0. The molecule has 84 valence electrons. The van der Waals surface area contributed by atoms with E-state index < -0.39 is 6.04 Å². The number of aromatic nitrogens is 2. The molecule has 0 fully saturated rings. The van der Waals surface area contributed by atoms with Gasteiger partial charge in [-0.05, 0) is 19.1 Å². The van der Waals surface area contributed by atoms with Gasteiger partial charge in [0.25, 0.3) is 0 Å². The van der Waals surface area contributed by atoms with Gasteiger partial charge in [0.05, 0.1) is 18.3 Å². The Morgan fingerprint density at radius 1 is 1.62 bits per heavy atom. The van der Waals surface area contributed by atoms with Crippen LogP contribution in [0.5, 0.6) is 0 Å². The second-order valence-corrected chi connectivity index (χ2v) is 3.70. The van der Waals surface area contributed by atoms with Crippen LogP contribution in [0.3, 0.4) is 0 Å². The van der Waals surface area contributed by atoms with E-state index in [9.17, 15) is 4.79 Å². The molecule has 5 nitrogen and oxygen atoms in total. The first-order valence-corrected chi connectivity index (χ1v) is 5.13. The molecule has 16 heavy (non-hydrogen) atoms. The van der Waals surface area contributed by atoms with E-state index in [4.69, 9.17) is 5.73 Å². The molecule has 1 unspecified atom stereocenters. The summed E-state index contributed by atoms with van der Waals surface area (Å²) in [6.45, 7) is 2.06. The highest BCUT2D eigenvalue weighted by atomic mass is 16.2. The predicted molar refractivity (Wildman–Crippen MR) is 60.7 cm³/mol. The zero-order valence-electron chi connectivity index (χ0n) is 9.05. The molecule has 1 amide bonds. The lowest BCUT2D eigenvalue weighted by atomic mass is 10.3. The monoisotopic (exact) mass is 218 g/mol. The lowest BCUT2D eigenvalue weighted by molar-refractivity contribution is -0.122. The highest BCUT2D eigenvalue weighted by Crippen LogP contribution is 2.03. The van der Waals surface area contributed by atoms with Crippen LogP contribution in [0, 0.1) is 0 Å². The smallest absolute Gasteiger partial charge is 0.236 e. The Morgan fingerprint density at radius 2 is 2.44 bits per heavy atom. The van der Waals surface area contributed by atoms with E-state index in [1.54, 1.807) is 6.92 Å². The topological polar surface area (TPSA) is 72.4 Å². The summed E-state index contributed by atoms with van der Waals surface area (Å²) in [5.41, 5.74) is 7.13. The molecule has 2 aromatic heterocycles. The van der Waals surface area contributed by atoms with Gasteiger partial charge in [-0.2, -0.15) is 0 Å². The van der Waals surface area contributed by atoms with E-state index in [-0.39, 0.29) is 5.91 Å². The van der Waals surface area contributed by atoms with Crippen LogP contribution in [0.2, 0.25) is 0 Å². The highest BCUT2D eigenvalue weighted by molar-refractivity contribution is 5.80. The van der Waals surface area contributed by atoms with Gasteiger partial charge in [0.1, 0.15) is 5.65 Å². The zero-order chi connectivity index (χ0) is 11.5. The summed E-state index contributed by atoms with van der Waals surface area (Å²) in [5, 5.41) is 2.72. The third-order valence-electron chi connectivity index (χ3n) is 2.27. The molecule has 0 aliphatic rings. The molecule has 2 heterocycles. The number of hydrogen-bond acceptors (Lipinski definition) is 3. The summed E-state index contributed by atoms with van der Waals surface area (Å²) in [4.78, 5) is 15.6. The van der Waals surface area contributed by atoms with Crippen LogP contribution in [0.25, 0.3) is 5.65 Å². The lowest BCUT2D eigenvalue weighted by Crippen LogP contribution is -2.37. The van der Waals surface area contributed by atoms with Crippen LogP contribution in [0.4, 0.5) is 0 Å². The third kappa shape index (κ3) is 2.20. The molecule has 0 saturated carbocycles. The van der Waals surface area contributed by atoms with E-state index >= 15 is 0 Å². The maximum Gasteiger partial charge on any atom is 0.236 e. The number of nitrogens with two attached hydrogens (primary N) is 1. The van der Waals surface area contributed by atoms with Crippen molar-refractivity contribution in [1.29, 1.82) is 0 Å². The first-order chi connectivity index (χ1) is 7.66. The van der Waals surface area contributed by atoms with Crippen LogP contribution in [-0.4, -0.2) is 21.3 Å². The van der Waals surface area contributed by atoms with Crippen LogP contribution in [0.15, 0.2) is 30.6 Å². The van der Waals surface area contributed by atoms with Gasteiger partial charge in [0.15, 0.2) is 0 Å². The summed E-state index contributed by atoms with van der Waals surface area (Å²) >= 11 is 0. The van der Waals surface area contributed by atoms with E-state index in [1.165, 1.54) is 0 Å².